The number of rotatable bonds is 6. The Hall–Kier alpha value is -2.84. The molecule has 2 aliphatic heterocycles. The van der Waals surface area contributed by atoms with E-state index < -0.39 is 0 Å². The molecule has 0 radical (unpaired) electrons. The monoisotopic (exact) mass is 420 g/mol. The quantitative estimate of drug-likeness (QED) is 0.654. The topological polar surface area (TPSA) is 85.2 Å². The van der Waals surface area contributed by atoms with E-state index in [4.69, 9.17) is 4.74 Å². The van der Waals surface area contributed by atoms with Crippen molar-refractivity contribution in [1.82, 2.24) is 30.0 Å². The number of pyridine rings is 1. The number of nitrogens with zero attached hydrogens (tertiary/aromatic N) is 5. The van der Waals surface area contributed by atoms with Gasteiger partial charge in [-0.1, -0.05) is 24.3 Å². The highest BCUT2D eigenvalue weighted by Crippen LogP contribution is 2.19. The van der Waals surface area contributed by atoms with Crippen LogP contribution in [0.15, 0.2) is 36.5 Å². The molecule has 1 aromatic carbocycles. The van der Waals surface area contributed by atoms with Gasteiger partial charge in [0.2, 0.25) is 5.91 Å². The zero-order valence-electron chi connectivity index (χ0n) is 17.7. The Labute approximate surface area is 181 Å². The van der Waals surface area contributed by atoms with Gasteiger partial charge in [-0.15, -0.1) is 10.2 Å². The van der Waals surface area contributed by atoms with Gasteiger partial charge in [-0.05, 0) is 24.5 Å². The number of hydrogen-bond donors (Lipinski definition) is 1. The van der Waals surface area contributed by atoms with Crippen molar-refractivity contribution in [3.63, 3.8) is 0 Å². The normalized spacial score (nSPS) is 19.3. The molecule has 162 valence electrons. The third kappa shape index (κ3) is 4.45. The summed E-state index contributed by atoms with van der Waals surface area (Å²) >= 11 is 0. The van der Waals surface area contributed by atoms with E-state index >= 15 is 0 Å². The summed E-state index contributed by atoms with van der Waals surface area (Å²) in [6.45, 7) is 4.85. The molecule has 0 bridgehead atoms. The second-order valence-electron chi connectivity index (χ2n) is 8.25. The van der Waals surface area contributed by atoms with Crippen molar-refractivity contribution in [3.8, 4) is 0 Å². The minimum absolute atomic E-state index is 0.0111. The Kier molecular flexibility index (Phi) is 5.90. The van der Waals surface area contributed by atoms with Crippen molar-refractivity contribution in [2.75, 3.05) is 26.2 Å². The molecule has 2 aliphatic rings. The maximum absolute atomic E-state index is 12.1. The maximum atomic E-state index is 12.1. The number of carbonyl (C=O) groups is 1. The smallest absolute Gasteiger partial charge is 0.249 e. The number of ether oxygens (including phenoxy) is 1. The van der Waals surface area contributed by atoms with Gasteiger partial charge in [0.1, 0.15) is 17.8 Å². The molecular weight excluding hydrogens is 392 g/mol. The zero-order valence-corrected chi connectivity index (χ0v) is 17.7. The van der Waals surface area contributed by atoms with Gasteiger partial charge in [0.05, 0.1) is 5.52 Å². The summed E-state index contributed by atoms with van der Waals surface area (Å²) < 4.78 is 7.66. The molecular formula is C23H28N6O2. The van der Waals surface area contributed by atoms with Gasteiger partial charge < -0.3 is 14.6 Å². The van der Waals surface area contributed by atoms with Crippen molar-refractivity contribution in [2.24, 2.45) is 0 Å². The van der Waals surface area contributed by atoms with Crippen molar-refractivity contribution in [3.05, 3.63) is 53.7 Å². The molecule has 0 spiro atoms. The van der Waals surface area contributed by atoms with Crippen molar-refractivity contribution < 1.29 is 9.53 Å². The summed E-state index contributed by atoms with van der Waals surface area (Å²) in [4.78, 5) is 19.2. The summed E-state index contributed by atoms with van der Waals surface area (Å²) in [7, 11) is 0. The van der Waals surface area contributed by atoms with E-state index in [1.165, 1.54) is 10.9 Å². The first kappa shape index (κ1) is 20.1. The number of benzene rings is 1. The average molecular weight is 421 g/mol. The molecule has 31 heavy (non-hydrogen) atoms. The first-order valence-electron chi connectivity index (χ1n) is 11.1. The molecule has 3 aromatic rings. The van der Waals surface area contributed by atoms with Crippen LogP contribution in [0.3, 0.4) is 0 Å². The molecule has 4 heterocycles. The number of nitrogens with one attached hydrogen (secondary N) is 1. The second kappa shape index (κ2) is 9.11. The molecule has 8 nitrogen and oxygen atoms in total. The molecule has 1 saturated heterocycles. The van der Waals surface area contributed by atoms with E-state index in [2.05, 4.69) is 54.2 Å². The molecule has 0 saturated carbocycles. The van der Waals surface area contributed by atoms with Crippen molar-refractivity contribution in [1.29, 1.82) is 0 Å². The van der Waals surface area contributed by atoms with Crippen LogP contribution in [-0.4, -0.2) is 62.9 Å². The first-order valence-corrected chi connectivity index (χ1v) is 11.1. The van der Waals surface area contributed by atoms with Gasteiger partial charge in [0.15, 0.2) is 0 Å². The summed E-state index contributed by atoms with van der Waals surface area (Å²) in [6, 6.07) is 10.5. The van der Waals surface area contributed by atoms with Crippen LogP contribution in [0.25, 0.3) is 10.9 Å². The highest BCUT2D eigenvalue weighted by molar-refractivity contribution is 5.81. The molecule has 1 amide bonds. The van der Waals surface area contributed by atoms with Crippen LogP contribution in [-0.2, 0) is 35.5 Å². The average Bonchev–Trinajstić information content (AvgIpc) is 3.42. The molecule has 2 aromatic heterocycles. The number of aromatic nitrogens is 4. The van der Waals surface area contributed by atoms with Crippen LogP contribution in [0.5, 0.6) is 0 Å². The summed E-state index contributed by atoms with van der Waals surface area (Å²) in [5.74, 6) is 1.96. The second-order valence-corrected chi connectivity index (χ2v) is 8.25. The highest BCUT2D eigenvalue weighted by Gasteiger charge is 2.24. The van der Waals surface area contributed by atoms with E-state index in [1.807, 2.05) is 12.3 Å². The fraction of sp³-hybridized carbons (Fsp3) is 0.478. The Morgan fingerprint density at radius 3 is 3.00 bits per heavy atom. The van der Waals surface area contributed by atoms with Crippen LogP contribution in [0.2, 0.25) is 0 Å². The van der Waals surface area contributed by atoms with E-state index in [1.54, 1.807) is 0 Å². The third-order valence-electron chi connectivity index (χ3n) is 6.18. The molecule has 5 rings (SSSR count). The molecule has 0 aliphatic carbocycles. The largest absolute Gasteiger partial charge is 0.368 e. The lowest BCUT2D eigenvalue weighted by atomic mass is 10.1. The van der Waals surface area contributed by atoms with Gasteiger partial charge in [-0.25, -0.2) is 0 Å². The maximum Gasteiger partial charge on any atom is 0.249 e. The highest BCUT2D eigenvalue weighted by atomic mass is 16.5. The summed E-state index contributed by atoms with van der Waals surface area (Å²) in [5, 5.41) is 13.0. The van der Waals surface area contributed by atoms with E-state index in [9.17, 15) is 4.79 Å². The molecule has 8 heteroatoms. The lowest BCUT2D eigenvalue weighted by Gasteiger charge is -2.20. The summed E-state index contributed by atoms with van der Waals surface area (Å²) in [6.07, 6.45) is 4.90. The van der Waals surface area contributed by atoms with Gasteiger partial charge in [0, 0.05) is 63.8 Å². The Morgan fingerprint density at radius 1 is 1.16 bits per heavy atom. The first-order chi connectivity index (χ1) is 15.3. The number of fused-ring (bicyclic) bond motifs is 2. The van der Waals surface area contributed by atoms with Gasteiger partial charge in [0.25, 0.3) is 0 Å². The molecule has 1 atom stereocenters. The molecule has 0 unspecified atom stereocenters. The van der Waals surface area contributed by atoms with Crippen LogP contribution in [0.4, 0.5) is 0 Å². The molecule has 1 N–H and O–H groups in total. The number of amides is 1. The third-order valence-corrected chi connectivity index (χ3v) is 6.18. The number of carbonyl (C=O) groups excluding carboxylic acids is 1. The van der Waals surface area contributed by atoms with Crippen molar-refractivity contribution >= 4 is 16.8 Å². The summed E-state index contributed by atoms with van der Waals surface area (Å²) in [5.41, 5.74) is 2.34. The lowest BCUT2D eigenvalue weighted by Crippen LogP contribution is -2.35. The number of para-hydroxylation sites is 1. The minimum atomic E-state index is -0.285. The van der Waals surface area contributed by atoms with Gasteiger partial charge in [-0.2, -0.15) is 0 Å². The van der Waals surface area contributed by atoms with E-state index in [-0.39, 0.29) is 12.0 Å². The predicted octanol–water partition coefficient (Wildman–Crippen LogP) is 1.72. The van der Waals surface area contributed by atoms with Crippen LogP contribution < -0.4 is 5.32 Å². The fourth-order valence-electron chi connectivity index (χ4n) is 4.50. The number of hydrogen-bond acceptors (Lipinski definition) is 6. The standard InChI is InChI=1S/C23H28N6O2/c30-23(19-7-3-15-31-19)25-11-8-20-26-27-21-9-12-28(13-14-29(20)21)16-18-5-1-4-17-6-2-10-24-22(17)18/h1-2,4-6,10,19H,3,7-9,11-16H2,(H,25,30)/t19-/m0/s1. The van der Waals surface area contributed by atoms with Crippen LogP contribution in [0.1, 0.15) is 30.1 Å². The van der Waals surface area contributed by atoms with Gasteiger partial charge >= 0.3 is 0 Å². The fourth-order valence-corrected chi connectivity index (χ4v) is 4.50. The zero-order chi connectivity index (χ0) is 21.0. The lowest BCUT2D eigenvalue weighted by molar-refractivity contribution is -0.130. The Balaban J connectivity index is 1.19. The SMILES string of the molecule is O=C(NCCc1nnc2n1CCN(Cc1cccc3cccnc13)CC2)[C@@H]1CCCO1. The van der Waals surface area contributed by atoms with E-state index in [0.29, 0.717) is 19.6 Å². The molecule has 1 fully saturated rings. The van der Waals surface area contributed by atoms with E-state index in [0.717, 1.165) is 62.6 Å². The predicted molar refractivity (Wildman–Crippen MR) is 116 cm³/mol. The Bertz CT molecular complexity index is 1050. The van der Waals surface area contributed by atoms with Crippen LogP contribution in [0, 0.1) is 0 Å². The van der Waals surface area contributed by atoms with Gasteiger partial charge in [-0.3, -0.25) is 14.7 Å². The Morgan fingerprint density at radius 2 is 2.10 bits per heavy atom. The van der Waals surface area contributed by atoms with Crippen molar-refractivity contribution in [2.45, 2.75) is 44.9 Å². The minimum Gasteiger partial charge on any atom is -0.368 e. The van der Waals surface area contributed by atoms with Crippen LogP contribution >= 0.6 is 0 Å².